The zero-order valence-electron chi connectivity index (χ0n) is 10.5. The van der Waals surface area contributed by atoms with Crippen molar-refractivity contribution in [2.24, 2.45) is 11.7 Å². The fourth-order valence-electron chi connectivity index (χ4n) is 3.15. The van der Waals surface area contributed by atoms with Crippen molar-refractivity contribution in [1.82, 2.24) is 0 Å². The maximum atomic E-state index is 6.01. The van der Waals surface area contributed by atoms with E-state index in [4.69, 9.17) is 5.73 Å². The highest BCUT2D eigenvalue weighted by molar-refractivity contribution is 5.32. The third-order valence-electron chi connectivity index (χ3n) is 4.08. The number of nitrogens with two attached hydrogens (primary N) is 1. The number of rotatable bonds is 4. The average Bonchev–Trinajstić information content (AvgIpc) is 2.23. The first-order valence-corrected chi connectivity index (χ1v) is 6.47. The van der Waals surface area contributed by atoms with Crippen LogP contribution in [0.15, 0.2) is 24.3 Å². The molecule has 16 heavy (non-hydrogen) atoms. The van der Waals surface area contributed by atoms with E-state index in [1.807, 2.05) is 0 Å². The van der Waals surface area contributed by atoms with Crippen molar-refractivity contribution < 1.29 is 0 Å². The zero-order chi connectivity index (χ0) is 11.6. The normalized spacial score (nSPS) is 28.8. The van der Waals surface area contributed by atoms with Crippen LogP contribution in [0, 0.1) is 12.8 Å². The Labute approximate surface area is 99.0 Å². The van der Waals surface area contributed by atoms with Crippen LogP contribution < -0.4 is 5.73 Å². The summed E-state index contributed by atoms with van der Waals surface area (Å²) < 4.78 is 0. The second-order valence-electron chi connectivity index (χ2n) is 5.42. The SMILES string of the molecule is CCCC1CC(CN)(c2cccc(C)c2)C1. The topological polar surface area (TPSA) is 26.0 Å². The lowest BCUT2D eigenvalue weighted by Crippen LogP contribution is -2.47. The number of hydrogen-bond donors (Lipinski definition) is 1. The molecule has 0 spiro atoms. The molecule has 2 N–H and O–H groups in total. The van der Waals surface area contributed by atoms with Crippen molar-refractivity contribution in [3.63, 3.8) is 0 Å². The molecule has 1 nitrogen and oxygen atoms in total. The van der Waals surface area contributed by atoms with Gasteiger partial charge < -0.3 is 5.73 Å². The van der Waals surface area contributed by atoms with Crippen LogP contribution in [-0.4, -0.2) is 6.54 Å². The van der Waals surface area contributed by atoms with Crippen molar-refractivity contribution in [2.45, 2.75) is 44.9 Å². The number of aryl methyl sites for hydroxylation is 1. The van der Waals surface area contributed by atoms with Gasteiger partial charge in [0.05, 0.1) is 0 Å². The van der Waals surface area contributed by atoms with E-state index >= 15 is 0 Å². The van der Waals surface area contributed by atoms with Crippen LogP contribution in [-0.2, 0) is 5.41 Å². The Bertz CT molecular complexity index is 350. The summed E-state index contributed by atoms with van der Waals surface area (Å²) in [7, 11) is 0. The summed E-state index contributed by atoms with van der Waals surface area (Å²) in [5.41, 5.74) is 9.12. The fraction of sp³-hybridized carbons (Fsp3) is 0.600. The smallest absolute Gasteiger partial charge is 0.00809 e. The molecule has 0 bridgehead atoms. The first-order valence-electron chi connectivity index (χ1n) is 6.47. The summed E-state index contributed by atoms with van der Waals surface area (Å²) in [5.74, 6) is 0.911. The van der Waals surface area contributed by atoms with Gasteiger partial charge in [0.15, 0.2) is 0 Å². The molecule has 0 atom stereocenters. The van der Waals surface area contributed by atoms with Gasteiger partial charge in [-0.15, -0.1) is 0 Å². The predicted molar refractivity (Wildman–Crippen MR) is 69.5 cm³/mol. The maximum absolute atomic E-state index is 6.01. The summed E-state index contributed by atoms with van der Waals surface area (Å²) in [6, 6.07) is 8.89. The Morgan fingerprint density at radius 1 is 1.38 bits per heavy atom. The molecule has 1 fully saturated rings. The van der Waals surface area contributed by atoms with Gasteiger partial charge in [0.2, 0.25) is 0 Å². The Morgan fingerprint density at radius 2 is 2.12 bits per heavy atom. The average molecular weight is 217 g/mol. The third kappa shape index (κ3) is 2.01. The molecule has 1 aromatic rings. The zero-order valence-corrected chi connectivity index (χ0v) is 10.5. The molecule has 1 aliphatic rings. The summed E-state index contributed by atoms with van der Waals surface area (Å²) in [4.78, 5) is 0. The lowest BCUT2D eigenvalue weighted by molar-refractivity contribution is 0.139. The molecule has 2 rings (SSSR count). The Morgan fingerprint density at radius 3 is 2.69 bits per heavy atom. The van der Waals surface area contributed by atoms with E-state index in [-0.39, 0.29) is 0 Å². The number of benzene rings is 1. The molecule has 0 aliphatic heterocycles. The van der Waals surface area contributed by atoms with Crippen LogP contribution in [0.4, 0.5) is 0 Å². The summed E-state index contributed by atoms with van der Waals surface area (Å²) >= 11 is 0. The molecule has 0 unspecified atom stereocenters. The minimum Gasteiger partial charge on any atom is -0.330 e. The van der Waals surface area contributed by atoms with Crippen molar-refractivity contribution in [3.8, 4) is 0 Å². The highest BCUT2D eigenvalue weighted by atomic mass is 14.6. The van der Waals surface area contributed by atoms with Crippen LogP contribution in [0.5, 0.6) is 0 Å². The standard InChI is InChI=1S/C15H23N/c1-3-5-13-9-15(10-13,11-16)14-7-4-6-12(2)8-14/h4,6-8,13H,3,5,9-11,16H2,1-2H3. The number of hydrogen-bond acceptors (Lipinski definition) is 1. The second kappa shape index (κ2) is 4.58. The minimum absolute atomic E-state index is 0.297. The van der Waals surface area contributed by atoms with Gasteiger partial charge in [0.25, 0.3) is 0 Å². The first kappa shape index (κ1) is 11.7. The van der Waals surface area contributed by atoms with E-state index in [0.717, 1.165) is 12.5 Å². The van der Waals surface area contributed by atoms with Gasteiger partial charge in [-0.05, 0) is 31.2 Å². The Kier molecular flexibility index (Phi) is 3.34. The monoisotopic (exact) mass is 217 g/mol. The van der Waals surface area contributed by atoms with E-state index in [0.29, 0.717) is 5.41 Å². The summed E-state index contributed by atoms with van der Waals surface area (Å²) in [6.45, 7) is 5.24. The lowest BCUT2D eigenvalue weighted by atomic mass is 9.57. The van der Waals surface area contributed by atoms with Crippen LogP contribution in [0.1, 0.15) is 43.7 Å². The Hall–Kier alpha value is -0.820. The van der Waals surface area contributed by atoms with E-state index in [9.17, 15) is 0 Å². The highest BCUT2D eigenvalue weighted by Crippen LogP contribution is 2.48. The van der Waals surface area contributed by atoms with Crippen molar-refractivity contribution in [1.29, 1.82) is 0 Å². The molecule has 0 aromatic heterocycles. The van der Waals surface area contributed by atoms with Crippen LogP contribution in [0.25, 0.3) is 0 Å². The van der Waals surface area contributed by atoms with Crippen LogP contribution in [0.2, 0.25) is 0 Å². The summed E-state index contributed by atoms with van der Waals surface area (Å²) in [5, 5.41) is 0. The molecule has 0 saturated heterocycles. The molecular formula is C15H23N. The molecule has 0 amide bonds. The van der Waals surface area contributed by atoms with Gasteiger partial charge in [-0.25, -0.2) is 0 Å². The van der Waals surface area contributed by atoms with Crippen molar-refractivity contribution >= 4 is 0 Å². The molecule has 1 saturated carbocycles. The Balaban J connectivity index is 2.13. The molecule has 1 heteroatoms. The predicted octanol–water partition coefficient (Wildman–Crippen LogP) is 3.40. The van der Waals surface area contributed by atoms with Gasteiger partial charge in [0, 0.05) is 12.0 Å². The molecule has 88 valence electrons. The molecule has 1 aromatic carbocycles. The molecule has 1 aliphatic carbocycles. The maximum Gasteiger partial charge on any atom is 0.00809 e. The van der Waals surface area contributed by atoms with Gasteiger partial charge in [-0.1, -0.05) is 49.6 Å². The van der Waals surface area contributed by atoms with E-state index < -0.39 is 0 Å². The largest absolute Gasteiger partial charge is 0.330 e. The molecule has 0 heterocycles. The molecule has 0 radical (unpaired) electrons. The van der Waals surface area contributed by atoms with Crippen LogP contribution >= 0.6 is 0 Å². The van der Waals surface area contributed by atoms with Gasteiger partial charge >= 0.3 is 0 Å². The summed E-state index contributed by atoms with van der Waals surface area (Å²) in [6.07, 6.45) is 5.26. The first-order chi connectivity index (χ1) is 7.70. The van der Waals surface area contributed by atoms with Crippen molar-refractivity contribution in [3.05, 3.63) is 35.4 Å². The van der Waals surface area contributed by atoms with Gasteiger partial charge in [-0.2, -0.15) is 0 Å². The van der Waals surface area contributed by atoms with Gasteiger partial charge in [-0.3, -0.25) is 0 Å². The van der Waals surface area contributed by atoms with E-state index in [1.54, 1.807) is 0 Å². The second-order valence-corrected chi connectivity index (χ2v) is 5.42. The van der Waals surface area contributed by atoms with Crippen molar-refractivity contribution in [2.75, 3.05) is 6.54 Å². The lowest BCUT2D eigenvalue weighted by Gasteiger charge is -2.48. The van der Waals surface area contributed by atoms with Gasteiger partial charge in [0.1, 0.15) is 0 Å². The van der Waals surface area contributed by atoms with E-state index in [2.05, 4.69) is 38.1 Å². The van der Waals surface area contributed by atoms with E-state index in [1.165, 1.54) is 36.8 Å². The third-order valence-corrected chi connectivity index (χ3v) is 4.08. The fourth-order valence-corrected chi connectivity index (χ4v) is 3.15. The quantitative estimate of drug-likeness (QED) is 0.822. The minimum atomic E-state index is 0.297. The molecular weight excluding hydrogens is 194 g/mol. The van der Waals surface area contributed by atoms with Crippen LogP contribution in [0.3, 0.4) is 0 Å². The highest BCUT2D eigenvalue weighted by Gasteiger charge is 2.43.